The average Bonchev–Trinajstić information content (AvgIpc) is 2.55. The second-order valence-corrected chi connectivity index (χ2v) is 3.55. The van der Waals surface area contributed by atoms with Gasteiger partial charge in [-0.05, 0) is 25.1 Å². The number of rotatable bonds is 2. The van der Waals surface area contributed by atoms with Crippen LogP contribution in [0.15, 0.2) is 18.2 Å². The number of imidazole rings is 1. The van der Waals surface area contributed by atoms with Gasteiger partial charge in [0.15, 0.2) is 0 Å². The highest BCUT2D eigenvalue weighted by molar-refractivity contribution is 6.31. The van der Waals surface area contributed by atoms with Gasteiger partial charge in [-0.15, -0.1) is 0 Å². The molecule has 2 aromatic rings. The van der Waals surface area contributed by atoms with Gasteiger partial charge in [0.05, 0.1) is 11.0 Å². The topological polar surface area (TPSA) is 55.1 Å². The molecule has 0 aliphatic rings. The van der Waals surface area contributed by atoms with E-state index in [1.54, 1.807) is 22.8 Å². The number of carboxylic acid groups (broad SMARTS) is 1. The van der Waals surface area contributed by atoms with E-state index in [9.17, 15) is 4.79 Å². The van der Waals surface area contributed by atoms with Crippen molar-refractivity contribution in [3.8, 4) is 0 Å². The first-order chi connectivity index (χ1) is 7.13. The molecule has 1 N–H and O–H groups in total. The molecule has 1 heterocycles. The molecule has 2 rings (SSSR count). The number of hydrogen-bond donors (Lipinski definition) is 1. The Kier molecular flexibility index (Phi) is 2.36. The second-order valence-electron chi connectivity index (χ2n) is 3.12. The van der Waals surface area contributed by atoms with Gasteiger partial charge in [-0.1, -0.05) is 11.6 Å². The van der Waals surface area contributed by atoms with E-state index in [1.165, 1.54) is 0 Å². The van der Waals surface area contributed by atoms with Crippen LogP contribution in [0.3, 0.4) is 0 Å². The number of halogens is 1. The van der Waals surface area contributed by atoms with E-state index in [1.807, 2.05) is 6.92 Å². The van der Waals surface area contributed by atoms with Crippen LogP contribution in [0, 0.1) is 0 Å². The number of fused-ring (bicyclic) bond motifs is 1. The standard InChI is InChI=1S/C10H9ClN2O2/c1-2-13-8-4-3-6(11)5-7(8)12-9(13)10(14)15/h3-5H,2H2,1H3,(H,14,15). The SMILES string of the molecule is CCn1c(C(=O)O)nc2cc(Cl)ccc21. The molecule has 0 atom stereocenters. The molecule has 0 aliphatic carbocycles. The van der Waals surface area contributed by atoms with Crippen molar-refractivity contribution in [3.05, 3.63) is 29.0 Å². The molecular formula is C10H9ClN2O2. The minimum Gasteiger partial charge on any atom is -0.475 e. The predicted molar refractivity (Wildman–Crippen MR) is 57.4 cm³/mol. The molecule has 0 radical (unpaired) electrons. The Hall–Kier alpha value is -1.55. The molecule has 5 heteroatoms. The summed E-state index contributed by atoms with van der Waals surface area (Å²) in [4.78, 5) is 14.9. The summed E-state index contributed by atoms with van der Waals surface area (Å²) in [6.45, 7) is 2.45. The zero-order valence-corrected chi connectivity index (χ0v) is 8.82. The maximum atomic E-state index is 10.9. The summed E-state index contributed by atoms with van der Waals surface area (Å²) in [6.07, 6.45) is 0. The molecule has 0 spiro atoms. The Bertz CT molecular complexity index is 533. The summed E-state index contributed by atoms with van der Waals surface area (Å²) in [6, 6.07) is 5.17. The van der Waals surface area contributed by atoms with Crippen LogP contribution in [0.25, 0.3) is 11.0 Å². The van der Waals surface area contributed by atoms with Crippen LogP contribution in [0.1, 0.15) is 17.5 Å². The van der Waals surface area contributed by atoms with E-state index < -0.39 is 5.97 Å². The van der Waals surface area contributed by atoms with E-state index in [4.69, 9.17) is 16.7 Å². The Morgan fingerprint density at radius 1 is 1.60 bits per heavy atom. The lowest BCUT2D eigenvalue weighted by Crippen LogP contribution is -2.08. The minimum atomic E-state index is -1.02. The van der Waals surface area contributed by atoms with Gasteiger partial charge in [0.1, 0.15) is 0 Å². The number of benzene rings is 1. The summed E-state index contributed by atoms with van der Waals surface area (Å²) in [5.41, 5.74) is 1.40. The normalized spacial score (nSPS) is 10.8. The van der Waals surface area contributed by atoms with Crippen LogP contribution in [0.4, 0.5) is 0 Å². The van der Waals surface area contributed by atoms with Crippen LogP contribution in [-0.4, -0.2) is 20.6 Å². The fourth-order valence-corrected chi connectivity index (χ4v) is 1.75. The maximum absolute atomic E-state index is 10.9. The maximum Gasteiger partial charge on any atom is 0.372 e. The summed E-state index contributed by atoms with van der Waals surface area (Å²) in [5.74, 6) is -0.973. The second kappa shape index (κ2) is 3.55. The minimum absolute atomic E-state index is 0.0507. The first kappa shape index (κ1) is 9.98. The number of carboxylic acids is 1. The van der Waals surface area contributed by atoms with Gasteiger partial charge in [0.2, 0.25) is 5.82 Å². The van der Waals surface area contributed by atoms with Crippen molar-refractivity contribution < 1.29 is 9.90 Å². The molecule has 0 fully saturated rings. The largest absolute Gasteiger partial charge is 0.475 e. The van der Waals surface area contributed by atoms with E-state index in [-0.39, 0.29) is 5.82 Å². The molecule has 0 unspecified atom stereocenters. The van der Waals surface area contributed by atoms with Crippen molar-refractivity contribution in [1.82, 2.24) is 9.55 Å². The van der Waals surface area contributed by atoms with E-state index in [0.29, 0.717) is 17.1 Å². The number of aromatic carboxylic acids is 1. The zero-order valence-electron chi connectivity index (χ0n) is 8.07. The van der Waals surface area contributed by atoms with Crippen molar-refractivity contribution in [2.24, 2.45) is 0 Å². The first-order valence-electron chi connectivity index (χ1n) is 4.52. The third-order valence-electron chi connectivity index (χ3n) is 2.22. The quantitative estimate of drug-likeness (QED) is 0.852. The summed E-state index contributed by atoms with van der Waals surface area (Å²) in [5, 5.41) is 9.51. The Balaban J connectivity index is 2.78. The molecule has 0 bridgehead atoms. The molecular weight excluding hydrogens is 216 g/mol. The summed E-state index contributed by atoms with van der Waals surface area (Å²) in [7, 11) is 0. The fraction of sp³-hybridized carbons (Fsp3) is 0.200. The molecule has 1 aromatic carbocycles. The van der Waals surface area contributed by atoms with Crippen LogP contribution >= 0.6 is 11.6 Å². The highest BCUT2D eigenvalue weighted by Gasteiger charge is 2.15. The number of hydrogen-bond acceptors (Lipinski definition) is 2. The van der Waals surface area contributed by atoms with Crippen molar-refractivity contribution >= 4 is 28.6 Å². The van der Waals surface area contributed by atoms with Gasteiger partial charge in [-0.2, -0.15) is 0 Å². The third-order valence-corrected chi connectivity index (χ3v) is 2.45. The van der Waals surface area contributed by atoms with E-state index in [2.05, 4.69) is 4.98 Å². The predicted octanol–water partition coefficient (Wildman–Crippen LogP) is 2.41. The summed E-state index contributed by atoms with van der Waals surface area (Å²) >= 11 is 5.81. The van der Waals surface area contributed by atoms with Crippen LogP contribution in [0.2, 0.25) is 5.02 Å². The van der Waals surface area contributed by atoms with Gasteiger partial charge in [-0.25, -0.2) is 9.78 Å². The van der Waals surface area contributed by atoms with Gasteiger partial charge >= 0.3 is 5.97 Å². The lowest BCUT2D eigenvalue weighted by atomic mass is 10.3. The van der Waals surface area contributed by atoms with Crippen molar-refractivity contribution in [2.45, 2.75) is 13.5 Å². The monoisotopic (exact) mass is 224 g/mol. The smallest absolute Gasteiger partial charge is 0.372 e. The molecule has 78 valence electrons. The van der Waals surface area contributed by atoms with E-state index in [0.717, 1.165) is 5.52 Å². The Morgan fingerprint density at radius 3 is 2.93 bits per heavy atom. The van der Waals surface area contributed by atoms with Crippen molar-refractivity contribution in [2.75, 3.05) is 0 Å². The molecule has 1 aromatic heterocycles. The zero-order chi connectivity index (χ0) is 11.0. The van der Waals surface area contributed by atoms with E-state index >= 15 is 0 Å². The van der Waals surface area contributed by atoms with Crippen molar-refractivity contribution in [1.29, 1.82) is 0 Å². The molecule has 0 saturated heterocycles. The van der Waals surface area contributed by atoms with Gasteiger partial charge in [-0.3, -0.25) is 0 Å². The van der Waals surface area contributed by atoms with Crippen LogP contribution in [0.5, 0.6) is 0 Å². The van der Waals surface area contributed by atoms with Crippen LogP contribution in [-0.2, 0) is 6.54 Å². The average molecular weight is 225 g/mol. The number of aromatic nitrogens is 2. The first-order valence-corrected chi connectivity index (χ1v) is 4.90. The molecule has 4 nitrogen and oxygen atoms in total. The molecule has 0 amide bonds. The number of carbonyl (C=O) groups is 1. The third kappa shape index (κ3) is 1.57. The fourth-order valence-electron chi connectivity index (χ4n) is 1.59. The summed E-state index contributed by atoms with van der Waals surface area (Å²) < 4.78 is 1.65. The molecule has 0 aliphatic heterocycles. The number of nitrogens with zero attached hydrogens (tertiary/aromatic N) is 2. The van der Waals surface area contributed by atoms with Gasteiger partial charge < -0.3 is 9.67 Å². The molecule has 0 saturated carbocycles. The lowest BCUT2D eigenvalue weighted by molar-refractivity contribution is 0.0679. The Morgan fingerprint density at radius 2 is 2.33 bits per heavy atom. The Labute approximate surface area is 91.1 Å². The lowest BCUT2D eigenvalue weighted by Gasteiger charge is -2.01. The highest BCUT2D eigenvalue weighted by Crippen LogP contribution is 2.20. The molecule has 15 heavy (non-hydrogen) atoms. The number of aryl methyl sites for hydroxylation is 1. The van der Waals surface area contributed by atoms with Gasteiger partial charge in [0, 0.05) is 11.6 Å². The van der Waals surface area contributed by atoms with Gasteiger partial charge in [0.25, 0.3) is 0 Å². The highest BCUT2D eigenvalue weighted by atomic mass is 35.5. The van der Waals surface area contributed by atoms with Crippen molar-refractivity contribution in [3.63, 3.8) is 0 Å². The van der Waals surface area contributed by atoms with Crippen LogP contribution < -0.4 is 0 Å².